The first-order valence-electron chi connectivity index (χ1n) is 15.9. The molecule has 0 saturated carbocycles. The molecule has 218 valence electrons. The third-order valence-electron chi connectivity index (χ3n) is 10.4. The molecule has 0 aromatic heterocycles. The molecule has 1 unspecified atom stereocenters. The summed E-state index contributed by atoms with van der Waals surface area (Å²) in [6.07, 6.45) is 9.53. The number of rotatable bonds is 7. The fraction of sp³-hybridized carbons (Fsp3) is 0.487. The largest absolute Gasteiger partial charge is 0.489 e. The van der Waals surface area contributed by atoms with Crippen molar-refractivity contribution in [1.29, 1.82) is 0 Å². The van der Waals surface area contributed by atoms with Crippen molar-refractivity contribution in [3.05, 3.63) is 93.4 Å². The van der Waals surface area contributed by atoms with E-state index in [1.807, 2.05) is 6.08 Å². The van der Waals surface area contributed by atoms with Crippen LogP contribution in [-0.2, 0) is 5.41 Å². The van der Waals surface area contributed by atoms with E-state index in [0.717, 1.165) is 5.75 Å². The first-order valence-corrected chi connectivity index (χ1v) is 18.4. The molecule has 0 spiro atoms. The predicted molar refractivity (Wildman–Crippen MR) is 181 cm³/mol. The number of allylic oxidation sites excluding steroid dienone is 4. The summed E-state index contributed by atoms with van der Waals surface area (Å²) in [6, 6.07) is 16.6. The Morgan fingerprint density at radius 3 is 2.37 bits per heavy atom. The second-order valence-corrected chi connectivity index (χ2v) is 20.0. The van der Waals surface area contributed by atoms with E-state index in [9.17, 15) is 0 Å². The lowest BCUT2D eigenvalue weighted by Crippen LogP contribution is -2.53. The van der Waals surface area contributed by atoms with Gasteiger partial charge in [-0.15, -0.1) is 0 Å². The number of ether oxygens (including phenoxy) is 1. The van der Waals surface area contributed by atoms with Crippen molar-refractivity contribution in [2.24, 2.45) is 10.8 Å². The molecule has 5 rings (SSSR count). The van der Waals surface area contributed by atoms with Gasteiger partial charge in [0.1, 0.15) is 20.4 Å². The van der Waals surface area contributed by atoms with Gasteiger partial charge < -0.3 is 4.74 Å². The molecule has 0 fully saturated rings. The van der Waals surface area contributed by atoms with Gasteiger partial charge in [0.15, 0.2) is 0 Å². The Morgan fingerprint density at radius 1 is 1.02 bits per heavy atom. The average molecular weight is 565 g/mol. The summed E-state index contributed by atoms with van der Waals surface area (Å²) in [7, 11) is -2.21. The third-order valence-corrected chi connectivity index (χ3v) is 16.1. The van der Waals surface area contributed by atoms with E-state index in [2.05, 4.69) is 124 Å². The van der Waals surface area contributed by atoms with Crippen LogP contribution < -0.4 is 20.4 Å². The Hall–Kier alpha value is -2.58. The van der Waals surface area contributed by atoms with Crippen molar-refractivity contribution in [2.75, 3.05) is 6.61 Å². The lowest BCUT2D eigenvalue weighted by molar-refractivity contribution is 0.363. The topological polar surface area (TPSA) is 9.23 Å². The predicted octanol–water partition coefficient (Wildman–Crippen LogP) is 8.65. The van der Waals surface area contributed by atoms with Gasteiger partial charge in [-0.1, -0.05) is 136 Å². The number of aryl methyl sites for hydroxylation is 1. The van der Waals surface area contributed by atoms with Crippen LogP contribution in [0, 0.1) is 17.8 Å². The van der Waals surface area contributed by atoms with E-state index in [1.54, 1.807) is 22.3 Å². The van der Waals surface area contributed by atoms with Crippen molar-refractivity contribution in [3.8, 4) is 5.75 Å². The number of hydrogen-bond donors (Lipinski definition) is 0. The van der Waals surface area contributed by atoms with Crippen molar-refractivity contribution in [3.63, 3.8) is 0 Å². The zero-order chi connectivity index (χ0) is 30.0. The standard InChI is InChI=1S/C39H52OSi/c1-12-22-40-35-26(4)16-15-17-32(35)41(13-2,14-3)36-31-25-38(8,9)21-20-29(31)34-33(36)30-23-28(37(5,6)7)19-18-27(30)24-39(34,10)11/h12,15-19,23-25,36H,1,13-14,20-22H2,2-11H3. The Morgan fingerprint density at radius 2 is 1.73 bits per heavy atom. The summed E-state index contributed by atoms with van der Waals surface area (Å²) in [6.45, 7) is 28.5. The third kappa shape index (κ3) is 4.85. The summed E-state index contributed by atoms with van der Waals surface area (Å²) in [5.41, 5.74) is 9.94. The molecule has 1 atom stereocenters. The van der Waals surface area contributed by atoms with Gasteiger partial charge in [-0.2, -0.15) is 0 Å². The smallest absolute Gasteiger partial charge is 0.121 e. The molecule has 2 heteroatoms. The van der Waals surface area contributed by atoms with Crippen LogP contribution in [0.1, 0.15) is 86.3 Å². The van der Waals surface area contributed by atoms with Crippen LogP contribution in [0.3, 0.4) is 0 Å². The fourth-order valence-electron chi connectivity index (χ4n) is 8.18. The van der Waals surface area contributed by atoms with Gasteiger partial charge in [-0.3, -0.25) is 0 Å². The molecule has 0 radical (unpaired) electrons. The normalized spacial score (nSPS) is 21.0. The summed E-state index contributed by atoms with van der Waals surface area (Å²) in [5, 5.41) is 4.39. The fourth-order valence-corrected chi connectivity index (χ4v) is 13.4. The number of fused-ring (bicyclic) bond motifs is 3. The van der Waals surface area contributed by atoms with Crippen LogP contribution in [0.5, 0.6) is 5.75 Å². The van der Waals surface area contributed by atoms with Gasteiger partial charge in [0, 0.05) is 11.0 Å². The Kier molecular flexibility index (Phi) is 7.51. The van der Waals surface area contributed by atoms with Gasteiger partial charge in [-0.25, -0.2) is 0 Å². The van der Waals surface area contributed by atoms with Crippen LogP contribution >= 0.6 is 0 Å². The molecule has 3 aliphatic carbocycles. The number of para-hydroxylation sites is 1. The van der Waals surface area contributed by atoms with Gasteiger partial charge in [-0.05, 0) is 79.6 Å². The molecule has 0 heterocycles. The summed E-state index contributed by atoms with van der Waals surface area (Å²) < 4.78 is 6.54. The lowest BCUT2D eigenvalue weighted by atomic mass is 9.72. The molecule has 0 aliphatic heterocycles. The number of benzene rings is 2. The van der Waals surface area contributed by atoms with Crippen molar-refractivity contribution >= 4 is 24.9 Å². The van der Waals surface area contributed by atoms with Gasteiger partial charge in [0.2, 0.25) is 0 Å². The van der Waals surface area contributed by atoms with Crippen LogP contribution in [0.2, 0.25) is 17.6 Å². The Balaban J connectivity index is 1.95. The van der Waals surface area contributed by atoms with Crippen LogP contribution in [0.25, 0.3) is 11.6 Å². The highest BCUT2D eigenvalue weighted by atomic mass is 28.3. The van der Waals surface area contributed by atoms with Crippen molar-refractivity contribution < 1.29 is 4.74 Å². The van der Waals surface area contributed by atoms with Crippen molar-refractivity contribution in [2.45, 2.75) is 105 Å². The first kappa shape index (κ1) is 29.9. The molecule has 2 aromatic rings. The first-order chi connectivity index (χ1) is 19.2. The summed E-state index contributed by atoms with van der Waals surface area (Å²) in [5.74, 6) is 1.11. The van der Waals surface area contributed by atoms with E-state index in [-0.39, 0.29) is 16.2 Å². The SMILES string of the molecule is C=CCOc1c(C)cccc1[Si](CC)(CC)C1C2=CC(C)(C)CCC2=C2C1=c1cc(C(C)(C)C)ccc1=CC2(C)C. The maximum atomic E-state index is 6.54. The zero-order valence-corrected chi connectivity index (χ0v) is 28.4. The minimum absolute atomic E-state index is 0.00731. The van der Waals surface area contributed by atoms with Crippen LogP contribution in [-0.4, -0.2) is 14.7 Å². The minimum atomic E-state index is -2.21. The molecule has 0 N–H and O–H groups in total. The average Bonchev–Trinajstić information content (AvgIpc) is 3.23. The highest BCUT2D eigenvalue weighted by molar-refractivity contribution is 6.95. The van der Waals surface area contributed by atoms with Gasteiger partial charge >= 0.3 is 0 Å². The second-order valence-electron chi connectivity index (χ2n) is 15.1. The minimum Gasteiger partial charge on any atom is -0.489 e. The molecule has 0 amide bonds. The number of hydrogen-bond acceptors (Lipinski definition) is 1. The molecule has 2 aromatic carbocycles. The maximum Gasteiger partial charge on any atom is 0.121 e. The van der Waals surface area contributed by atoms with E-state index in [4.69, 9.17) is 4.74 Å². The second kappa shape index (κ2) is 10.3. The molecule has 0 saturated heterocycles. The molecule has 0 bridgehead atoms. The molecular weight excluding hydrogens is 513 g/mol. The van der Waals surface area contributed by atoms with Gasteiger partial charge in [0.25, 0.3) is 0 Å². The lowest BCUT2D eigenvalue weighted by Gasteiger charge is -2.42. The quantitative estimate of drug-likeness (QED) is 0.242. The highest BCUT2D eigenvalue weighted by Gasteiger charge is 2.54. The molecule has 3 aliphatic rings. The highest BCUT2D eigenvalue weighted by Crippen LogP contribution is 2.62. The zero-order valence-electron chi connectivity index (χ0n) is 27.4. The monoisotopic (exact) mass is 564 g/mol. The van der Waals surface area contributed by atoms with E-state index in [0.29, 0.717) is 12.1 Å². The summed E-state index contributed by atoms with van der Waals surface area (Å²) in [4.78, 5) is 0. The van der Waals surface area contributed by atoms with Gasteiger partial charge in [0.05, 0.1) is 0 Å². The summed E-state index contributed by atoms with van der Waals surface area (Å²) >= 11 is 0. The molecule has 1 nitrogen and oxygen atoms in total. The van der Waals surface area contributed by atoms with Crippen molar-refractivity contribution in [1.82, 2.24) is 0 Å². The van der Waals surface area contributed by atoms with Crippen LogP contribution in [0.15, 0.2) is 71.8 Å². The van der Waals surface area contributed by atoms with E-state index >= 15 is 0 Å². The van der Waals surface area contributed by atoms with E-state index < -0.39 is 8.07 Å². The Bertz CT molecular complexity index is 1570. The molecule has 41 heavy (non-hydrogen) atoms. The maximum absolute atomic E-state index is 6.54. The Labute approximate surface area is 250 Å². The molecular formula is C39H52OSi. The van der Waals surface area contributed by atoms with Crippen LogP contribution in [0.4, 0.5) is 0 Å². The van der Waals surface area contributed by atoms with E-state index in [1.165, 1.54) is 51.7 Å².